The highest BCUT2D eigenvalue weighted by Gasteiger charge is 2.31. The molecule has 2 N–H and O–H groups in total. The topological polar surface area (TPSA) is 104 Å². The van der Waals surface area contributed by atoms with E-state index in [2.05, 4.69) is 19.6 Å². The van der Waals surface area contributed by atoms with Gasteiger partial charge in [0.05, 0.1) is 12.5 Å². The first-order valence-electron chi connectivity index (χ1n) is 12.0. The van der Waals surface area contributed by atoms with Crippen molar-refractivity contribution in [3.8, 4) is 29.1 Å². The smallest absolute Gasteiger partial charge is 0.347 e. The Balaban J connectivity index is 1.60. The average molecular weight is 497 g/mol. The van der Waals surface area contributed by atoms with E-state index in [4.69, 9.17) is 24.7 Å². The minimum absolute atomic E-state index is 0.00475. The maximum Gasteiger partial charge on any atom is 0.347 e. The lowest BCUT2D eigenvalue weighted by Gasteiger charge is -2.26. The molecule has 3 aromatic rings. The number of carbonyl (C=O) groups is 1. The number of nitrogens with zero attached hydrogens (tertiary/aromatic N) is 1. The monoisotopic (exact) mass is 496 g/mol. The van der Waals surface area contributed by atoms with Crippen LogP contribution in [0.4, 0.5) is 0 Å². The zero-order chi connectivity index (χ0) is 26.2. The van der Waals surface area contributed by atoms with Crippen molar-refractivity contribution >= 4 is 5.97 Å². The molecule has 0 aromatic heterocycles. The van der Waals surface area contributed by atoms with Gasteiger partial charge < -0.3 is 24.7 Å². The molecule has 0 saturated heterocycles. The van der Waals surface area contributed by atoms with Crippen LogP contribution in [0.3, 0.4) is 0 Å². The summed E-state index contributed by atoms with van der Waals surface area (Å²) in [5.74, 6) is 0.869. The largest absolute Gasteiger partial charge is 0.493 e. The van der Waals surface area contributed by atoms with Crippen molar-refractivity contribution in [3.05, 3.63) is 108 Å². The number of benzene rings is 3. The van der Waals surface area contributed by atoms with Gasteiger partial charge in [-0.25, -0.2) is 4.79 Å². The van der Waals surface area contributed by atoms with Gasteiger partial charge in [0, 0.05) is 11.6 Å². The molecular formula is C30H28N2O5. The van der Waals surface area contributed by atoms with Crippen LogP contribution in [0.25, 0.3) is 0 Å². The van der Waals surface area contributed by atoms with Crippen molar-refractivity contribution in [2.24, 2.45) is 5.73 Å². The molecular weight excluding hydrogens is 468 g/mol. The molecule has 4 rings (SSSR count). The van der Waals surface area contributed by atoms with Gasteiger partial charge >= 0.3 is 5.97 Å². The predicted octanol–water partition coefficient (Wildman–Crippen LogP) is 5.87. The predicted molar refractivity (Wildman–Crippen MR) is 140 cm³/mol. The fraction of sp³-hybridized carbons (Fsp3) is 0.200. The lowest BCUT2D eigenvalue weighted by molar-refractivity contribution is 0.0730. The quantitative estimate of drug-likeness (QED) is 0.162. The Morgan fingerprint density at radius 3 is 2.59 bits per heavy atom. The third kappa shape index (κ3) is 5.76. The number of unbranched alkanes of at least 4 members (excludes halogenated alkanes) is 1. The average Bonchev–Trinajstić information content (AvgIpc) is 2.91. The van der Waals surface area contributed by atoms with Crippen LogP contribution < -0.4 is 24.7 Å². The number of esters is 1. The van der Waals surface area contributed by atoms with Gasteiger partial charge in [0.2, 0.25) is 5.88 Å². The number of hydrogen-bond donors (Lipinski definition) is 1. The van der Waals surface area contributed by atoms with Crippen molar-refractivity contribution in [1.82, 2.24) is 0 Å². The summed E-state index contributed by atoms with van der Waals surface area (Å²) >= 11 is 0. The number of fused-ring (bicyclic) bond motifs is 1. The highest BCUT2D eigenvalue weighted by Crippen LogP contribution is 2.43. The summed E-state index contributed by atoms with van der Waals surface area (Å²) in [7, 11) is 0. The maximum absolute atomic E-state index is 13.0. The van der Waals surface area contributed by atoms with Crippen molar-refractivity contribution < 1.29 is 23.7 Å². The molecule has 0 amide bonds. The molecule has 0 radical (unpaired) electrons. The Morgan fingerprint density at radius 1 is 1.11 bits per heavy atom. The molecule has 0 spiro atoms. The summed E-state index contributed by atoms with van der Waals surface area (Å²) in [6.07, 6.45) is 3.54. The molecule has 3 aromatic carbocycles. The minimum atomic E-state index is -0.546. The highest BCUT2D eigenvalue weighted by atomic mass is 16.5. The summed E-state index contributed by atoms with van der Waals surface area (Å²) in [5.41, 5.74) is 8.33. The zero-order valence-corrected chi connectivity index (χ0v) is 20.6. The van der Waals surface area contributed by atoms with E-state index in [1.54, 1.807) is 42.5 Å². The Hall–Kier alpha value is -4.70. The van der Waals surface area contributed by atoms with Crippen LogP contribution in [0.15, 0.2) is 90.8 Å². The minimum Gasteiger partial charge on any atom is -0.493 e. The van der Waals surface area contributed by atoms with E-state index in [1.165, 1.54) is 0 Å². The Morgan fingerprint density at radius 2 is 1.86 bits per heavy atom. The second-order valence-corrected chi connectivity index (χ2v) is 8.38. The van der Waals surface area contributed by atoms with Gasteiger partial charge in [-0.1, -0.05) is 56.3 Å². The molecule has 37 heavy (non-hydrogen) atoms. The SMILES string of the molecule is C=CCOc1ccc(C2C(C#N)=C(N)Oc3cc(OC(=O)c4ccccc4OCCCC)ccc32)cc1. The first-order chi connectivity index (χ1) is 18.0. The van der Waals surface area contributed by atoms with Crippen molar-refractivity contribution in [1.29, 1.82) is 5.26 Å². The van der Waals surface area contributed by atoms with Crippen LogP contribution in [-0.4, -0.2) is 19.2 Å². The van der Waals surface area contributed by atoms with Crippen molar-refractivity contribution in [2.45, 2.75) is 25.7 Å². The van der Waals surface area contributed by atoms with Gasteiger partial charge in [-0.3, -0.25) is 0 Å². The van der Waals surface area contributed by atoms with Gasteiger partial charge in [-0.2, -0.15) is 5.26 Å². The molecule has 188 valence electrons. The number of nitrogens with two attached hydrogens (primary N) is 1. The normalized spacial score (nSPS) is 14.1. The molecule has 1 aliphatic heterocycles. The van der Waals surface area contributed by atoms with Gasteiger partial charge in [-0.05, 0) is 42.3 Å². The molecule has 0 bridgehead atoms. The summed E-state index contributed by atoms with van der Waals surface area (Å²) < 4.78 is 22.7. The van der Waals surface area contributed by atoms with E-state index >= 15 is 0 Å². The van der Waals surface area contributed by atoms with Gasteiger partial charge in [0.1, 0.15) is 46.8 Å². The number of carbonyl (C=O) groups excluding carboxylic acids is 1. The maximum atomic E-state index is 13.0. The van der Waals surface area contributed by atoms with Crippen LogP contribution in [-0.2, 0) is 0 Å². The van der Waals surface area contributed by atoms with Crippen LogP contribution in [0.1, 0.15) is 47.2 Å². The Bertz CT molecular complexity index is 1360. The first-order valence-corrected chi connectivity index (χ1v) is 12.0. The second-order valence-electron chi connectivity index (χ2n) is 8.38. The summed E-state index contributed by atoms with van der Waals surface area (Å²) in [6, 6.07) is 21.6. The molecule has 1 aliphatic rings. The van der Waals surface area contributed by atoms with E-state index in [9.17, 15) is 10.1 Å². The summed E-state index contributed by atoms with van der Waals surface area (Å²) in [6.45, 7) is 6.63. The molecule has 0 saturated carbocycles. The van der Waals surface area contributed by atoms with Gasteiger partial charge in [0.15, 0.2) is 0 Å². The van der Waals surface area contributed by atoms with Crippen LogP contribution in [0.2, 0.25) is 0 Å². The molecule has 1 atom stereocenters. The van der Waals surface area contributed by atoms with Crippen molar-refractivity contribution in [2.75, 3.05) is 13.2 Å². The van der Waals surface area contributed by atoms with E-state index in [-0.39, 0.29) is 11.6 Å². The lowest BCUT2D eigenvalue weighted by atomic mass is 9.83. The fourth-order valence-corrected chi connectivity index (χ4v) is 4.00. The van der Waals surface area contributed by atoms with Gasteiger partial charge in [0.25, 0.3) is 0 Å². The van der Waals surface area contributed by atoms with Crippen LogP contribution in [0.5, 0.6) is 23.0 Å². The molecule has 7 heteroatoms. The number of ether oxygens (including phenoxy) is 4. The van der Waals surface area contributed by atoms with E-state index in [1.807, 2.05) is 30.3 Å². The number of allylic oxidation sites excluding steroid dienone is 1. The third-order valence-electron chi connectivity index (χ3n) is 5.84. The van der Waals surface area contributed by atoms with Crippen LogP contribution >= 0.6 is 0 Å². The molecule has 1 heterocycles. The zero-order valence-electron chi connectivity index (χ0n) is 20.6. The number of hydrogen-bond acceptors (Lipinski definition) is 7. The first kappa shape index (κ1) is 25.4. The molecule has 7 nitrogen and oxygen atoms in total. The highest BCUT2D eigenvalue weighted by molar-refractivity contribution is 5.94. The molecule has 1 unspecified atom stereocenters. The number of nitriles is 1. The fourth-order valence-electron chi connectivity index (χ4n) is 4.00. The molecule has 0 aliphatic carbocycles. The number of rotatable bonds is 10. The lowest BCUT2D eigenvalue weighted by Crippen LogP contribution is -2.21. The van der Waals surface area contributed by atoms with Crippen LogP contribution in [0, 0.1) is 11.3 Å². The number of para-hydroxylation sites is 1. The van der Waals surface area contributed by atoms with E-state index in [0.717, 1.165) is 24.0 Å². The van der Waals surface area contributed by atoms with Crippen molar-refractivity contribution in [3.63, 3.8) is 0 Å². The standard InChI is InChI=1S/C30H28N2O5/c1-3-5-17-35-26-9-7-6-8-24(26)30(33)36-22-14-15-23-27(18-22)37-29(32)25(19-31)28(23)20-10-12-21(13-11-20)34-16-4-2/h4,6-15,18,28H,2-3,5,16-17,32H2,1H3. The third-order valence-corrected chi connectivity index (χ3v) is 5.84. The molecule has 0 fully saturated rings. The summed E-state index contributed by atoms with van der Waals surface area (Å²) in [5, 5.41) is 9.81. The van der Waals surface area contributed by atoms with E-state index < -0.39 is 11.9 Å². The second kappa shape index (κ2) is 11.8. The van der Waals surface area contributed by atoms with Gasteiger partial charge in [-0.15, -0.1) is 0 Å². The Labute approximate surface area is 216 Å². The summed E-state index contributed by atoms with van der Waals surface area (Å²) in [4.78, 5) is 13.0. The van der Waals surface area contributed by atoms with E-state index in [0.29, 0.717) is 41.6 Å². The Kier molecular flexibility index (Phi) is 8.11.